The molecule has 6 nitrogen and oxygen atoms in total. The smallest absolute Gasteiger partial charge is 0.319 e. The molecule has 0 bridgehead atoms. The fourth-order valence-corrected chi connectivity index (χ4v) is 3.34. The molecular formula is C22H30N4O2. The van der Waals surface area contributed by atoms with Gasteiger partial charge in [0.15, 0.2) is 0 Å². The van der Waals surface area contributed by atoms with Gasteiger partial charge < -0.3 is 20.3 Å². The zero-order valence-electron chi connectivity index (χ0n) is 16.8. The monoisotopic (exact) mass is 382 g/mol. The Hall–Kier alpha value is -2.73. The lowest BCUT2D eigenvalue weighted by molar-refractivity contribution is 0.244. The molecule has 2 N–H and O–H groups in total. The molecule has 2 aromatic rings. The number of methoxy groups -OCH3 is 1. The summed E-state index contributed by atoms with van der Waals surface area (Å²) in [6, 6.07) is 15.9. The van der Waals surface area contributed by atoms with E-state index in [1.807, 2.05) is 43.3 Å². The molecule has 1 saturated heterocycles. The van der Waals surface area contributed by atoms with Gasteiger partial charge in [-0.1, -0.05) is 17.7 Å². The highest BCUT2D eigenvalue weighted by molar-refractivity contribution is 5.89. The molecule has 6 heteroatoms. The van der Waals surface area contributed by atoms with Gasteiger partial charge in [0.05, 0.1) is 7.11 Å². The molecule has 0 aliphatic carbocycles. The highest BCUT2D eigenvalue weighted by Crippen LogP contribution is 2.20. The lowest BCUT2D eigenvalue weighted by Gasteiger charge is -2.36. The Bertz CT molecular complexity index is 738. The van der Waals surface area contributed by atoms with Crippen molar-refractivity contribution in [2.45, 2.75) is 13.3 Å². The van der Waals surface area contributed by atoms with E-state index in [1.165, 1.54) is 11.3 Å². The van der Waals surface area contributed by atoms with Crippen LogP contribution in [0.5, 0.6) is 5.75 Å². The molecular weight excluding hydrogens is 352 g/mol. The van der Waals surface area contributed by atoms with Gasteiger partial charge in [-0.05, 0) is 56.3 Å². The second-order valence-electron chi connectivity index (χ2n) is 7.13. The molecule has 0 aromatic heterocycles. The maximum absolute atomic E-state index is 11.9. The van der Waals surface area contributed by atoms with Crippen LogP contribution in [-0.4, -0.2) is 57.3 Å². The number of benzene rings is 2. The third kappa shape index (κ3) is 5.89. The Morgan fingerprint density at radius 3 is 2.32 bits per heavy atom. The molecule has 0 spiro atoms. The largest absolute Gasteiger partial charge is 0.497 e. The zero-order chi connectivity index (χ0) is 19.8. The molecule has 0 unspecified atom stereocenters. The number of aryl methyl sites for hydroxylation is 1. The number of rotatable bonds is 7. The van der Waals surface area contributed by atoms with Gasteiger partial charge >= 0.3 is 6.03 Å². The summed E-state index contributed by atoms with van der Waals surface area (Å²) in [4.78, 5) is 16.8. The first-order valence-electron chi connectivity index (χ1n) is 9.87. The molecule has 1 fully saturated rings. The molecule has 1 heterocycles. The van der Waals surface area contributed by atoms with E-state index >= 15 is 0 Å². The summed E-state index contributed by atoms with van der Waals surface area (Å²) in [5.74, 6) is 0.890. The van der Waals surface area contributed by atoms with E-state index in [2.05, 4.69) is 32.6 Å². The number of ether oxygens (including phenoxy) is 1. The fourth-order valence-electron chi connectivity index (χ4n) is 3.34. The number of urea groups is 1. The fraction of sp³-hybridized carbons (Fsp3) is 0.409. The SMILES string of the molecule is COc1ccc(N2CCN(CCCNC(=O)Nc3ccc(C)cc3)CC2)cc1. The summed E-state index contributed by atoms with van der Waals surface area (Å²) in [5, 5.41) is 5.79. The van der Waals surface area contributed by atoms with E-state index in [0.29, 0.717) is 6.54 Å². The van der Waals surface area contributed by atoms with Crippen molar-refractivity contribution in [3.63, 3.8) is 0 Å². The van der Waals surface area contributed by atoms with Crippen molar-refractivity contribution in [3.05, 3.63) is 54.1 Å². The van der Waals surface area contributed by atoms with Crippen molar-refractivity contribution in [2.24, 2.45) is 0 Å². The van der Waals surface area contributed by atoms with Crippen molar-refractivity contribution >= 4 is 17.4 Å². The maximum Gasteiger partial charge on any atom is 0.319 e. The van der Waals surface area contributed by atoms with Gasteiger partial charge in [-0.25, -0.2) is 4.79 Å². The predicted molar refractivity (Wildman–Crippen MR) is 114 cm³/mol. The average Bonchev–Trinajstić information content (AvgIpc) is 2.73. The third-order valence-corrected chi connectivity index (χ3v) is 5.06. The zero-order valence-corrected chi connectivity index (χ0v) is 16.8. The number of nitrogens with one attached hydrogen (secondary N) is 2. The summed E-state index contributed by atoms with van der Waals surface area (Å²) in [7, 11) is 1.69. The van der Waals surface area contributed by atoms with E-state index in [1.54, 1.807) is 7.11 Å². The molecule has 0 radical (unpaired) electrons. The van der Waals surface area contributed by atoms with Crippen molar-refractivity contribution in [2.75, 3.05) is 56.6 Å². The molecule has 3 rings (SSSR count). The standard InChI is InChI=1S/C22H30N4O2/c1-18-4-6-19(7-5-18)24-22(27)23-12-3-13-25-14-16-26(17-15-25)20-8-10-21(28-2)11-9-20/h4-11H,3,12-17H2,1-2H3,(H2,23,24,27). The van der Waals surface area contributed by atoms with Crippen LogP contribution in [0.2, 0.25) is 0 Å². The summed E-state index contributed by atoms with van der Waals surface area (Å²) in [6.45, 7) is 7.84. The van der Waals surface area contributed by atoms with Gasteiger partial charge in [0.1, 0.15) is 5.75 Å². The summed E-state index contributed by atoms with van der Waals surface area (Å²) < 4.78 is 5.22. The molecule has 2 aromatic carbocycles. The molecule has 28 heavy (non-hydrogen) atoms. The lowest BCUT2D eigenvalue weighted by atomic mass is 10.2. The number of hydrogen-bond donors (Lipinski definition) is 2. The van der Waals surface area contributed by atoms with Crippen LogP contribution in [0.4, 0.5) is 16.2 Å². The molecule has 1 aliphatic heterocycles. The van der Waals surface area contributed by atoms with E-state index in [0.717, 1.165) is 50.6 Å². The highest BCUT2D eigenvalue weighted by atomic mass is 16.5. The van der Waals surface area contributed by atoms with Gasteiger partial charge in [-0.15, -0.1) is 0 Å². The minimum atomic E-state index is -0.145. The van der Waals surface area contributed by atoms with Crippen molar-refractivity contribution < 1.29 is 9.53 Å². The van der Waals surface area contributed by atoms with Gasteiger partial charge in [0.2, 0.25) is 0 Å². The number of nitrogens with zero attached hydrogens (tertiary/aromatic N) is 2. The summed E-state index contributed by atoms with van der Waals surface area (Å²) in [5.41, 5.74) is 3.24. The van der Waals surface area contributed by atoms with Crippen LogP contribution in [-0.2, 0) is 0 Å². The average molecular weight is 383 g/mol. The Morgan fingerprint density at radius 1 is 1.00 bits per heavy atom. The molecule has 0 saturated carbocycles. The van der Waals surface area contributed by atoms with Crippen LogP contribution >= 0.6 is 0 Å². The second kappa shape index (κ2) is 9.99. The topological polar surface area (TPSA) is 56.8 Å². The minimum Gasteiger partial charge on any atom is -0.497 e. The Balaban J connectivity index is 1.31. The van der Waals surface area contributed by atoms with Gasteiger partial charge in [-0.2, -0.15) is 0 Å². The lowest BCUT2D eigenvalue weighted by Crippen LogP contribution is -2.47. The minimum absolute atomic E-state index is 0.145. The Labute approximate surface area is 167 Å². The van der Waals surface area contributed by atoms with Crippen LogP contribution in [0.25, 0.3) is 0 Å². The first-order valence-corrected chi connectivity index (χ1v) is 9.87. The number of carbonyl (C=O) groups is 1. The number of piperazine rings is 1. The van der Waals surface area contributed by atoms with Crippen molar-refractivity contribution in [1.29, 1.82) is 0 Å². The number of amides is 2. The second-order valence-corrected chi connectivity index (χ2v) is 7.13. The van der Waals surface area contributed by atoms with Crippen LogP contribution in [0.1, 0.15) is 12.0 Å². The summed E-state index contributed by atoms with van der Waals surface area (Å²) in [6.07, 6.45) is 0.948. The normalized spacial score (nSPS) is 14.6. The molecule has 150 valence electrons. The van der Waals surface area contributed by atoms with E-state index in [-0.39, 0.29) is 6.03 Å². The maximum atomic E-state index is 11.9. The number of hydrogen-bond acceptors (Lipinski definition) is 4. The van der Waals surface area contributed by atoms with E-state index in [4.69, 9.17) is 4.74 Å². The molecule has 1 aliphatic rings. The number of carbonyl (C=O) groups excluding carboxylic acids is 1. The first kappa shape index (κ1) is 20.0. The van der Waals surface area contributed by atoms with Crippen LogP contribution < -0.4 is 20.3 Å². The van der Waals surface area contributed by atoms with Crippen LogP contribution in [0.3, 0.4) is 0 Å². The van der Waals surface area contributed by atoms with Gasteiger partial charge in [0.25, 0.3) is 0 Å². The van der Waals surface area contributed by atoms with Crippen LogP contribution in [0, 0.1) is 6.92 Å². The third-order valence-electron chi connectivity index (χ3n) is 5.06. The van der Waals surface area contributed by atoms with Crippen molar-refractivity contribution in [3.8, 4) is 5.75 Å². The Kier molecular flexibility index (Phi) is 7.14. The Morgan fingerprint density at radius 2 is 1.68 bits per heavy atom. The highest BCUT2D eigenvalue weighted by Gasteiger charge is 2.16. The number of anilines is 2. The van der Waals surface area contributed by atoms with Gasteiger partial charge in [0, 0.05) is 44.1 Å². The molecule has 2 amide bonds. The van der Waals surface area contributed by atoms with Gasteiger partial charge in [-0.3, -0.25) is 4.90 Å². The quantitative estimate of drug-likeness (QED) is 0.721. The van der Waals surface area contributed by atoms with Crippen molar-refractivity contribution in [1.82, 2.24) is 10.2 Å². The molecule has 0 atom stereocenters. The summed E-state index contributed by atoms with van der Waals surface area (Å²) >= 11 is 0. The predicted octanol–water partition coefficient (Wildman–Crippen LogP) is 3.34. The van der Waals surface area contributed by atoms with E-state index in [9.17, 15) is 4.79 Å². The van der Waals surface area contributed by atoms with Crippen LogP contribution in [0.15, 0.2) is 48.5 Å². The first-order chi connectivity index (χ1) is 13.6. The van der Waals surface area contributed by atoms with E-state index < -0.39 is 0 Å².